The summed E-state index contributed by atoms with van der Waals surface area (Å²) < 4.78 is 0. The number of carbonyl (C=O) groups excluding carboxylic acids is 4. The van der Waals surface area contributed by atoms with Crippen LogP contribution in [0.4, 0.5) is 0 Å². The average molecular weight is 405 g/mol. The summed E-state index contributed by atoms with van der Waals surface area (Å²) in [5.74, 6) is -6.51. The van der Waals surface area contributed by atoms with Crippen molar-refractivity contribution >= 4 is 35.6 Å². The van der Waals surface area contributed by atoms with Crippen molar-refractivity contribution in [1.29, 1.82) is 0 Å². The number of hydrogen-bond donors (Lipinski definition) is 8. The summed E-state index contributed by atoms with van der Waals surface area (Å²) >= 11 is 0. The molecule has 28 heavy (non-hydrogen) atoms. The Morgan fingerprint density at radius 2 is 1.54 bits per heavy atom. The van der Waals surface area contributed by atoms with Gasteiger partial charge in [-0.3, -0.25) is 24.0 Å². The van der Waals surface area contributed by atoms with Crippen LogP contribution in [0.15, 0.2) is 0 Å². The van der Waals surface area contributed by atoms with Gasteiger partial charge < -0.3 is 42.7 Å². The molecule has 10 N–H and O–H groups in total. The highest BCUT2D eigenvalue weighted by Gasteiger charge is 2.26. The summed E-state index contributed by atoms with van der Waals surface area (Å²) in [4.78, 5) is 68.0. The van der Waals surface area contributed by atoms with Gasteiger partial charge in [0.1, 0.15) is 18.1 Å². The van der Waals surface area contributed by atoms with Gasteiger partial charge in [-0.05, 0) is 6.42 Å². The van der Waals surface area contributed by atoms with Gasteiger partial charge >= 0.3 is 11.9 Å². The molecule has 4 amide bonds. The molecular formula is C14H23N5O9. The summed E-state index contributed by atoms with van der Waals surface area (Å²) in [5, 5.41) is 32.5. The zero-order valence-electron chi connectivity index (χ0n) is 14.7. The minimum atomic E-state index is -1.48. The highest BCUT2D eigenvalue weighted by atomic mass is 16.4. The third-order valence-corrected chi connectivity index (χ3v) is 3.28. The molecule has 0 aromatic rings. The standard InChI is InChI=1S/C14H23N5O9/c15-6(5-20)12(25)19-8(3-9(16)21)13(26)17-4-10(22)18-7(14(27)28)1-2-11(23)24/h6-8,20H,1-5,15H2,(H2,16,21)(H,17,26)(H,18,22)(H,19,25)(H,23,24)(H,27,28). The lowest BCUT2D eigenvalue weighted by atomic mass is 10.1. The monoisotopic (exact) mass is 405 g/mol. The number of primary amides is 1. The number of hydrogen-bond acceptors (Lipinski definition) is 8. The van der Waals surface area contributed by atoms with Crippen LogP contribution in [0, 0.1) is 0 Å². The van der Waals surface area contributed by atoms with Crippen LogP contribution in [0.5, 0.6) is 0 Å². The van der Waals surface area contributed by atoms with Gasteiger partial charge in [0.05, 0.1) is 19.6 Å². The highest BCUT2D eigenvalue weighted by Crippen LogP contribution is 1.98. The summed E-state index contributed by atoms with van der Waals surface area (Å²) in [6, 6.07) is -4.31. The first-order valence-corrected chi connectivity index (χ1v) is 7.94. The van der Waals surface area contributed by atoms with Crippen LogP contribution in [0.1, 0.15) is 19.3 Å². The number of amides is 4. The molecule has 0 radical (unpaired) electrons. The first kappa shape index (κ1) is 24.7. The zero-order chi connectivity index (χ0) is 21.9. The molecule has 0 aliphatic rings. The van der Waals surface area contributed by atoms with Gasteiger partial charge in [0, 0.05) is 6.42 Å². The van der Waals surface area contributed by atoms with Gasteiger partial charge in [0.2, 0.25) is 23.6 Å². The van der Waals surface area contributed by atoms with Gasteiger partial charge in [0.15, 0.2) is 0 Å². The van der Waals surface area contributed by atoms with Crippen molar-refractivity contribution in [3.05, 3.63) is 0 Å². The molecule has 0 heterocycles. The fraction of sp³-hybridized carbons (Fsp3) is 0.571. The molecule has 14 heteroatoms. The van der Waals surface area contributed by atoms with Crippen molar-refractivity contribution in [3.63, 3.8) is 0 Å². The van der Waals surface area contributed by atoms with Gasteiger partial charge in [-0.2, -0.15) is 0 Å². The Balaban J connectivity index is 4.78. The van der Waals surface area contributed by atoms with Crippen LogP contribution in [-0.2, 0) is 28.8 Å². The van der Waals surface area contributed by atoms with E-state index in [9.17, 15) is 28.8 Å². The molecule has 0 aliphatic heterocycles. The largest absolute Gasteiger partial charge is 0.481 e. The molecule has 0 aromatic carbocycles. The molecule has 0 bridgehead atoms. The van der Waals surface area contributed by atoms with Crippen LogP contribution in [0.2, 0.25) is 0 Å². The maximum Gasteiger partial charge on any atom is 0.326 e. The van der Waals surface area contributed by atoms with E-state index in [2.05, 4.69) is 10.6 Å². The predicted molar refractivity (Wildman–Crippen MR) is 90.2 cm³/mol. The lowest BCUT2D eigenvalue weighted by Crippen LogP contribution is -2.55. The number of aliphatic carboxylic acids is 2. The van der Waals surface area contributed by atoms with E-state index in [4.69, 9.17) is 26.8 Å². The number of carboxylic acids is 2. The van der Waals surface area contributed by atoms with Gasteiger partial charge in [0.25, 0.3) is 0 Å². The Kier molecular flexibility index (Phi) is 10.8. The molecule has 0 saturated carbocycles. The Labute approximate surface area is 158 Å². The van der Waals surface area contributed by atoms with Crippen molar-refractivity contribution in [3.8, 4) is 0 Å². The number of aliphatic hydroxyl groups is 1. The number of nitrogens with one attached hydrogen (secondary N) is 3. The van der Waals surface area contributed by atoms with Crippen LogP contribution >= 0.6 is 0 Å². The van der Waals surface area contributed by atoms with E-state index in [1.165, 1.54) is 0 Å². The molecule has 158 valence electrons. The Hall–Kier alpha value is -3.26. The molecule has 0 rings (SSSR count). The van der Waals surface area contributed by atoms with Crippen LogP contribution in [0.25, 0.3) is 0 Å². The molecular weight excluding hydrogens is 382 g/mol. The van der Waals surface area contributed by atoms with Crippen molar-refractivity contribution in [1.82, 2.24) is 16.0 Å². The van der Waals surface area contributed by atoms with Crippen LogP contribution < -0.4 is 27.4 Å². The Bertz CT molecular complexity index is 624. The Morgan fingerprint density at radius 3 is 2.00 bits per heavy atom. The van der Waals surface area contributed by atoms with E-state index >= 15 is 0 Å². The topological polar surface area (TPSA) is 251 Å². The lowest BCUT2D eigenvalue weighted by Gasteiger charge is -2.19. The molecule has 0 aliphatic carbocycles. The molecule has 0 fully saturated rings. The second kappa shape index (κ2) is 12.2. The first-order valence-electron chi connectivity index (χ1n) is 7.94. The smallest absolute Gasteiger partial charge is 0.326 e. The summed E-state index contributed by atoms with van der Waals surface area (Å²) in [6.45, 7) is -1.43. The molecule has 3 atom stereocenters. The third kappa shape index (κ3) is 10.0. The maximum atomic E-state index is 12.1. The minimum absolute atomic E-state index is 0.371. The first-order chi connectivity index (χ1) is 13.0. The van der Waals surface area contributed by atoms with E-state index in [0.29, 0.717) is 0 Å². The third-order valence-electron chi connectivity index (χ3n) is 3.28. The number of nitrogens with two attached hydrogens (primary N) is 2. The molecule has 0 saturated heterocycles. The SMILES string of the molecule is NC(=O)CC(NC(=O)C(N)CO)C(=O)NCC(=O)NC(CCC(=O)O)C(=O)O. The van der Waals surface area contributed by atoms with Gasteiger partial charge in [-0.15, -0.1) is 0 Å². The summed E-state index contributed by atoms with van der Waals surface area (Å²) in [5.41, 5.74) is 10.3. The van der Waals surface area contributed by atoms with Crippen molar-refractivity contribution < 1.29 is 44.1 Å². The second-order valence-corrected chi connectivity index (χ2v) is 5.63. The van der Waals surface area contributed by atoms with E-state index in [1.54, 1.807) is 0 Å². The fourth-order valence-electron chi connectivity index (χ4n) is 1.83. The number of aliphatic hydroxyl groups excluding tert-OH is 1. The van der Waals surface area contributed by atoms with Crippen molar-refractivity contribution in [2.45, 2.75) is 37.4 Å². The van der Waals surface area contributed by atoms with Crippen molar-refractivity contribution in [2.24, 2.45) is 11.5 Å². The lowest BCUT2D eigenvalue weighted by molar-refractivity contribution is -0.143. The molecule has 0 aromatic heterocycles. The van der Waals surface area contributed by atoms with Crippen LogP contribution in [-0.4, -0.2) is 82.2 Å². The fourth-order valence-corrected chi connectivity index (χ4v) is 1.83. The zero-order valence-corrected chi connectivity index (χ0v) is 14.7. The number of carboxylic acid groups (broad SMARTS) is 2. The number of rotatable bonds is 13. The predicted octanol–water partition coefficient (Wildman–Crippen LogP) is -4.78. The van der Waals surface area contributed by atoms with Gasteiger partial charge in [-0.25, -0.2) is 4.79 Å². The molecule has 14 nitrogen and oxygen atoms in total. The van der Waals surface area contributed by atoms with E-state index in [1.807, 2.05) is 5.32 Å². The van der Waals surface area contributed by atoms with E-state index < -0.39 is 79.7 Å². The number of carbonyl (C=O) groups is 6. The maximum absolute atomic E-state index is 12.1. The normalized spacial score (nSPS) is 13.5. The molecule has 3 unspecified atom stereocenters. The van der Waals surface area contributed by atoms with E-state index in [0.717, 1.165) is 0 Å². The Morgan fingerprint density at radius 1 is 0.929 bits per heavy atom. The quantitative estimate of drug-likeness (QED) is 0.145. The van der Waals surface area contributed by atoms with Crippen LogP contribution in [0.3, 0.4) is 0 Å². The van der Waals surface area contributed by atoms with Gasteiger partial charge in [-0.1, -0.05) is 0 Å². The average Bonchev–Trinajstić information content (AvgIpc) is 2.60. The summed E-state index contributed by atoms with van der Waals surface area (Å²) in [6.07, 6.45) is -1.49. The minimum Gasteiger partial charge on any atom is -0.481 e. The van der Waals surface area contributed by atoms with E-state index in [-0.39, 0.29) is 6.42 Å². The molecule has 0 spiro atoms. The highest BCUT2D eigenvalue weighted by molar-refractivity contribution is 5.95. The second-order valence-electron chi connectivity index (χ2n) is 5.63. The van der Waals surface area contributed by atoms with Crippen molar-refractivity contribution in [2.75, 3.05) is 13.2 Å². The summed E-state index contributed by atoms with van der Waals surface area (Å²) in [7, 11) is 0.